The molecular formula is C22H24BrNO7. The van der Waals surface area contributed by atoms with E-state index in [2.05, 4.69) is 15.9 Å². The van der Waals surface area contributed by atoms with Crippen molar-refractivity contribution in [1.29, 1.82) is 0 Å². The highest BCUT2D eigenvalue weighted by Crippen LogP contribution is 2.19. The number of rotatable bonds is 6. The van der Waals surface area contributed by atoms with E-state index in [-0.39, 0.29) is 18.8 Å². The molecule has 0 heterocycles. The van der Waals surface area contributed by atoms with E-state index in [4.69, 9.17) is 9.47 Å². The monoisotopic (exact) mass is 493 g/mol. The molecule has 2 rings (SSSR count). The van der Waals surface area contributed by atoms with Crippen molar-refractivity contribution >= 4 is 34.1 Å². The predicted octanol–water partition coefficient (Wildman–Crippen LogP) is 4.72. The first-order valence-electron chi connectivity index (χ1n) is 9.40. The number of ether oxygens (including phenoxy) is 2. The van der Waals surface area contributed by atoms with E-state index in [0.717, 1.165) is 4.47 Å². The summed E-state index contributed by atoms with van der Waals surface area (Å²) in [5.74, 6) is -1.40. The van der Waals surface area contributed by atoms with Crippen molar-refractivity contribution in [3.05, 3.63) is 64.1 Å². The number of carboxylic acid groups (broad SMARTS) is 1. The van der Waals surface area contributed by atoms with Gasteiger partial charge in [0.25, 0.3) is 0 Å². The average Bonchev–Trinajstić information content (AvgIpc) is 2.67. The second-order valence-electron chi connectivity index (χ2n) is 7.76. The molecule has 166 valence electrons. The first-order valence-corrected chi connectivity index (χ1v) is 10.2. The van der Waals surface area contributed by atoms with Crippen LogP contribution in [0.3, 0.4) is 0 Å². The van der Waals surface area contributed by atoms with E-state index in [1.807, 2.05) is 0 Å². The van der Waals surface area contributed by atoms with Gasteiger partial charge in [-0.2, -0.15) is 4.90 Å². The van der Waals surface area contributed by atoms with Crippen molar-refractivity contribution in [1.82, 2.24) is 4.90 Å². The topological polar surface area (TPSA) is 113 Å². The van der Waals surface area contributed by atoms with Gasteiger partial charge >= 0.3 is 18.2 Å². The van der Waals surface area contributed by atoms with Crippen molar-refractivity contribution in [2.24, 2.45) is 0 Å². The Morgan fingerprint density at radius 2 is 1.52 bits per heavy atom. The largest absolute Gasteiger partial charge is 0.508 e. The predicted molar refractivity (Wildman–Crippen MR) is 116 cm³/mol. The molecule has 2 amide bonds. The van der Waals surface area contributed by atoms with E-state index in [0.29, 0.717) is 16.0 Å². The number of benzene rings is 2. The summed E-state index contributed by atoms with van der Waals surface area (Å²) >= 11 is 3.31. The number of aliphatic carboxylic acids is 1. The summed E-state index contributed by atoms with van der Waals surface area (Å²) < 4.78 is 11.3. The third-order valence-corrected chi connectivity index (χ3v) is 4.55. The van der Waals surface area contributed by atoms with Crippen LogP contribution in [0.4, 0.5) is 9.59 Å². The molecule has 0 spiro atoms. The number of hydrogen-bond acceptors (Lipinski definition) is 6. The summed E-state index contributed by atoms with van der Waals surface area (Å²) in [6, 6.07) is 11.2. The van der Waals surface area contributed by atoms with Gasteiger partial charge in [0.15, 0.2) is 0 Å². The number of phenols is 1. The Balaban J connectivity index is 2.28. The van der Waals surface area contributed by atoms with Gasteiger partial charge in [-0.1, -0.05) is 40.2 Å². The summed E-state index contributed by atoms with van der Waals surface area (Å²) in [7, 11) is 0. The zero-order valence-corrected chi connectivity index (χ0v) is 19.0. The van der Waals surface area contributed by atoms with Gasteiger partial charge in [-0.3, -0.25) is 0 Å². The fourth-order valence-electron chi connectivity index (χ4n) is 2.58. The Morgan fingerprint density at radius 3 is 2.03 bits per heavy atom. The highest BCUT2D eigenvalue weighted by molar-refractivity contribution is 9.10. The Bertz CT molecular complexity index is 920. The molecule has 2 N–H and O–H groups in total. The van der Waals surface area contributed by atoms with Crippen LogP contribution >= 0.6 is 15.9 Å². The number of phenolic OH excluding ortho intramolecular Hbond substituents is 1. The first kappa shape index (κ1) is 24.2. The minimum absolute atomic E-state index is 0.00790. The molecule has 0 aliphatic rings. The van der Waals surface area contributed by atoms with E-state index in [9.17, 15) is 24.6 Å². The zero-order chi connectivity index (χ0) is 23.2. The van der Waals surface area contributed by atoms with Gasteiger partial charge in [0.05, 0.1) is 0 Å². The van der Waals surface area contributed by atoms with Crippen LogP contribution in [0.5, 0.6) is 5.75 Å². The second kappa shape index (κ2) is 10.3. The van der Waals surface area contributed by atoms with E-state index in [1.54, 1.807) is 45.0 Å². The summed E-state index contributed by atoms with van der Waals surface area (Å²) in [5.41, 5.74) is 0.202. The molecule has 8 nitrogen and oxygen atoms in total. The van der Waals surface area contributed by atoms with E-state index < -0.39 is 29.8 Å². The van der Waals surface area contributed by atoms with Crippen LogP contribution in [0.1, 0.15) is 31.9 Å². The van der Waals surface area contributed by atoms with Crippen LogP contribution in [-0.2, 0) is 27.3 Å². The third kappa shape index (κ3) is 7.60. The first-order chi connectivity index (χ1) is 14.5. The molecule has 0 aromatic heterocycles. The van der Waals surface area contributed by atoms with Crippen LogP contribution in [0.25, 0.3) is 0 Å². The lowest BCUT2D eigenvalue weighted by molar-refractivity contribution is -0.142. The lowest BCUT2D eigenvalue weighted by atomic mass is 10.0. The van der Waals surface area contributed by atoms with Gasteiger partial charge in [-0.25, -0.2) is 14.4 Å². The maximum atomic E-state index is 12.8. The molecule has 0 unspecified atom stereocenters. The fourth-order valence-corrected chi connectivity index (χ4v) is 2.84. The molecule has 0 aliphatic heterocycles. The number of carboxylic acids is 1. The normalized spacial score (nSPS) is 12.0. The smallest absolute Gasteiger partial charge is 0.420 e. The number of carbonyl (C=O) groups is 3. The van der Waals surface area contributed by atoms with Crippen LogP contribution in [0.15, 0.2) is 53.0 Å². The lowest BCUT2D eigenvalue weighted by Gasteiger charge is -2.29. The number of hydrogen-bond donors (Lipinski definition) is 2. The molecule has 0 saturated carbocycles. The Labute approximate surface area is 188 Å². The highest BCUT2D eigenvalue weighted by atomic mass is 79.9. The van der Waals surface area contributed by atoms with E-state index in [1.165, 1.54) is 24.3 Å². The number of nitrogens with zero attached hydrogens (tertiary/aromatic N) is 1. The molecule has 31 heavy (non-hydrogen) atoms. The average molecular weight is 494 g/mol. The number of halogens is 1. The van der Waals surface area contributed by atoms with E-state index >= 15 is 0 Å². The van der Waals surface area contributed by atoms with Crippen molar-refractivity contribution in [2.75, 3.05) is 0 Å². The molecule has 9 heteroatoms. The van der Waals surface area contributed by atoms with Gasteiger partial charge in [0, 0.05) is 10.9 Å². The molecule has 1 atom stereocenters. The summed E-state index contributed by atoms with van der Waals surface area (Å²) in [6.45, 7) is 4.65. The van der Waals surface area contributed by atoms with Crippen LogP contribution < -0.4 is 0 Å². The molecule has 2 aromatic rings. The SMILES string of the molecule is CC(C)(C)OC(=O)N(C(=O)OCc1ccc(Br)cc1)[C@@H](Cc1ccc(O)cc1)C(=O)O. The van der Waals surface area contributed by atoms with Crippen LogP contribution in [0, 0.1) is 0 Å². The summed E-state index contributed by atoms with van der Waals surface area (Å²) in [4.78, 5) is 38.0. The maximum absolute atomic E-state index is 12.8. The van der Waals surface area contributed by atoms with Crippen molar-refractivity contribution in [3.8, 4) is 5.75 Å². The summed E-state index contributed by atoms with van der Waals surface area (Å²) in [5, 5.41) is 19.2. The Hall–Kier alpha value is -3.07. The maximum Gasteiger partial charge on any atom is 0.420 e. The number of aromatic hydroxyl groups is 1. The number of imide groups is 1. The molecule has 0 bridgehead atoms. The fraction of sp³-hybridized carbons (Fsp3) is 0.318. The highest BCUT2D eigenvalue weighted by Gasteiger charge is 2.39. The van der Waals surface area contributed by atoms with Gasteiger partial charge in [0.2, 0.25) is 0 Å². The van der Waals surface area contributed by atoms with Crippen molar-refractivity contribution in [3.63, 3.8) is 0 Å². The number of amides is 2. The minimum Gasteiger partial charge on any atom is -0.508 e. The van der Waals surface area contributed by atoms with Crippen molar-refractivity contribution in [2.45, 2.75) is 45.4 Å². The van der Waals surface area contributed by atoms with Crippen LogP contribution in [0.2, 0.25) is 0 Å². The van der Waals surface area contributed by atoms with Gasteiger partial charge in [-0.05, 0) is 56.2 Å². The standard InChI is InChI=1S/C22H24BrNO7/c1-22(2,3)31-21(29)24(20(28)30-13-15-4-8-16(23)9-5-15)18(19(26)27)12-14-6-10-17(25)11-7-14/h4-11,18,25H,12-13H2,1-3H3,(H,26,27)/t18-/m0/s1. The van der Waals surface area contributed by atoms with Gasteiger partial charge in [-0.15, -0.1) is 0 Å². The number of carbonyl (C=O) groups excluding carboxylic acids is 2. The quantitative estimate of drug-likeness (QED) is 0.597. The van der Waals surface area contributed by atoms with Gasteiger partial charge in [0.1, 0.15) is 24.0 Å². The Morgan fingerprint density at radius 1 is 0.968 bits per heavy atom. The molecule has 0 aliphatic carbocycles. The van der Waals surface area contributed by atoms with Crippen molar-refractivity contribution < 1.29 is 34.1 Å². The molecular weight excluding hydrogens is 470 g/mol. The molecule has 2 aromatic carbocycles. The molecule has 0 fully saturated rings. The molecule has 0 radical (unpaired) electrons. The third-order valence-electron chi connectivity index (χ3n) is 4.02. The molecule has 0 saturated heterocycles. The van der Waals surface area contributed by atoms with Gasteiger partial charge < -0.3 is 19.7 Å². The lowest BCUT2D eigenvalue weighted by Crippen LogP contribution is -2.51. The van der Waals surface area contributed by atoms with Crippen LogP contribution in [-0.4, -0.2) is 44.9 Å². The summed E-state index contributed by atoms with van der Waals surface area (Å²) in [6.07, 6.45) is -2.45. The zero-order valence-electron chi connectivity index (χ0n) is 17.4. The second-order valence-corrected chi connectivity index (χ2v) is 8.67. The minimum atomic E-state index is -1.57. The Kier molecular flexibility index (Phi) is 8.04.